The fourth-order valence-electron chi connectivity index (χ4n) is 1.47. The maximum atomic E-state index is 13.6. The Balaban J connectivity index is 3.48. The number of rotatable bonds is 6. The van der Waals surface area contributed by atoms with E-state index in [0.717, 1.165) is 12.3 Å². The largest absolute Gasteiger partial charge is 0.382 e. The minimum Gasteiger partial charge on any atom is -0.382 e. The van der Waals surface area contributed by atoms with Crippen LogP contribution >= 0.6 is 0 Å². The topological polar surface area (TPSA) is 105 Å². The van der Waals surface area contributed by atoms with Gasteiger partial charge in [0.25, 0.3) is 0 Å². The second kappa shape index (κ2) is 6.11. The quantitative estimate of drug-likeness (QED) is 0.338. The van der Waals surface area contributed by atoms with Crippen LogP contribution in [-0.2, 0) is 19.6 Å². The molecule has 10 heteroatoms. The first-order chi connectivity index (χ1) is 9.19. The highest BCUT2D eigenvalue weighted by molar-refractivity contribution is 7.86. The van der Waals surface area contributed by atoms with E-state index in [4.69, 9.17) is 9.47 Å². The summed E-state index contributed by atoms with van der Waals surface area (Å²) in [5.41, 5.74) is -1.04. The van der Waals surface area contributed by atoms with E-state index in [9.17, 15) is 22.9 Å². The Hall–Kier alpha value is -1.78. The van der Waals surface area contributed by atoms with Gasteiger partial charge in [-0.25, -0.2) is 0 Å². The van der Waals surface area contributed by atoms with Crippen LogP contribution in [0, 0.1) is 15.9 Å². The zero-order valence-electron chi connectivity index (χ0n) is 10.8. The molecule has 0 N–H and O–H groups in total. The lowest BCUT2D eigenvalue weighted by atomic mass is 10.1. The molecule has 8 nitrogen and oxygen atoms in total. The third kappa shape index (κ3) is 3.85. The highest BCUT2D eigenvalue weighted by Gasteiger charge is 2.25. The lowest BCUT2D eigenvalue weighted by Crippen LogP contribution is -2.12. The van der Waals surface area contributed by atoms with E-state index in [1.807, 2.05) is 0 Å². The molecule has 0 spiro atoms. The summed E-state index contributed by atoms with van der Waals surface area (Å²) < 4.78 is 50.2. The van der Waals surface area contributed by atoms with Crippen molar-refractivity contribution < 1.29 is 31.4 Å². The number of nitro groups is 1. The van der Waals surface area contributed by atoms with Gasteiger partial charge in [0.15, 0.2) is 12.0 Å². The first-order valence-electron chi connectivity index (χ1n) is 5.12. The van der Waals surface area contributed by atoms with Crippen molar-refractivity contribution in [3.8, 4) is 5.75 Å². The predicted molar refractivity (Wildman–Crippen MR) is 65.3 cm³/mol. The van der Waals surface area contributed by atoms with Gasteiger partial charge in [-0.1, -0.05) is 0 Å². The van der Waals surface area contributed by atoms with E-state index in [-0.39, 0.29) is 5.56 Å². The van der Waals surface area contributed by atoms with Gasteiger partial charge in [-0.3, -0.25) is 10.1 Å². The number of nitrogens with zero attached hydrogens (tertiary/aromatic N) is 1. The van der Waals surface area contributed by atoms with Crippen LogP contribution in [0.2, 0.25) is 0 Å². The lowest BCUT2D eigenvalue weighted by Gasteiger charge is -2.17. The Morgan fingerprint density at radius 2 is 1.85 bits per heavy atom. The van der Waals surface area contributed by atoms with Gasteiger partial charge < -0.3 is 13.7 Å². The second-order valence-corrected chi connectivity index (χ2v) is 5.26. The third-order valence-corrected chi connectivity index (χ3v) is 2.68. The standard InChI is InChI=1S/C10H12FNO7S/c1-17-10(18-2)6-4-7(11)8(12(13)14)5-9(6)19-20(3,15)16/h4-5,10H,1-3H3. The van der Waals surface area contributed by atoms with Crippen LogP contribution in [0.3, 0.4) is 0 Å². The summed E-state index contributed by atoms with van der Waals surface area (Å²) in [4.78, 5) is 9.66. The highest BCUT2D eigenvalue weighted by atomic mass is 32.2. The molecule has 0 fully saturated rings. The van der Waals surface area contributed by atoms with Crippen molar-refractivity contribution in [2.75, 3.05) is 20.5 Å². The molecular formula is C10H12FNO7S. The molecule has 1 aromatic carbocycles. The average molecular weight is 309 g/mol. The van der Waals surface area contributed by atoms with Gasteiger partial charge in [-0.2, -0.15) is 12.8 Å². The molecule has 0 aliphatic rings. The van der Waals surface area contributed by atoms with Crippen LogP contribution in [0.5, 0.6) is 5.75 Å². The van der Waals surface area contributed by atoms with Crippen LogP contribution in [0.15, 0.2) is 12.1 Å². The molecule has 0 aromatic heterocycles. The molecule has 1 rings (SSSR count). The van der Waals surface area contributed by atoms with Crippen molar-refractivity contribution in [3.63, 3.8) is 0 Å². The Morgan fingerprint density at radius 3 is 2.25 bits per heavy atom. The Bertz CT molecular complexity index is 612. The van der Waals surface area contributed by atoms with E-state index in [1.165, 1.54) is 14.2 Å². The number of hydrogen-bond donors (Lipinski definition) is 0. The third-order valence-electron chi connectivity index (χ3n) is 2.20. The van der Waals surface area contributed by atoms with E-state index < -0.39 is 38.6 Å². The molecule has 0 unspecified atom stereocenters. The Labute approximate surface area is 114 Å². The van der Waals surface area contributed by atoms with Crippen LogP contribution < -0.4 is 4.18 Å². The number of ether oxygens (including phenoxy) is 2. The van der Waals surface area contributed by atoms with E-state index in [1.54, 1.807) is 0 Å². The minimum absolute atomic E-state index is 0.122. The molecule has 0 heterocycles. The van der Waals surface area contributed by atoms with Gasteiger partial charge in [-0.15, -0.1) is 0 Å². The summed E-state index contributed by atoms with van der Waals surface area (Å²) in [5.74, 6) is -1.60. The van der Waals surface area contributed by atoms with Gasteiger partial charge in [0.2, 0.25) is 5.82 Å². The second-order valence-electron chi connectivity index (χ2n) is 3.69. The summed E-state index contributed by atoms with van der Waals surface area (Å²) in [6, 6.07) is 1.40. The average Bonchev–Trinajstić information content (AvgIpc) is 2.31. The summed E-state index contributed by atoms with van der Waals surface area (Å²) in [6.07, 6.45) is -0.386. The molecule has 1 aromatic rings. The maximum absolute atomic E-state index is 13.6. The van der Waals surface area contributed by atoms with E-state index in [2.05, 4.69) is 4.18 Å². The SMILES string of the molecule is COC(OC)c1cc(F)c([N+](=O)[O-])cc1OS(C)(=O)=O. The highest BCUT2D eigenvalue weighted by Crippen LogP contribution is 2.34. The maximum Gasteiger partial charge on any atom is 0.308 e. The first kappa shape index (κ1) is 16.3. The number of benzene rings is 1. The van der Waals surface area contributed by atoms with Gasteiger partial charge >= 0.3 is 15.8 Å². The molecular weight excluding hydrogens is 297 g/mol. The molecule has 0 atom stereocenters. The van der Waals surface area contributed by atoms with Crippen molar-refractivity contribution in [3.05, 3.63) is 33.6 Å². The minimum atomic E-state index is -3.96. The fraction of sp³-hybridized carbons (Fsp3) is 0.400. The number of hydrogen-bond acceptors (Lipinski definition) is 7. The molecule has 20 heavy (non-hydrogen) atoms. The summed E-state index contributed by atoms with van der Waals surface area (Å²) >= 11 is 0. The van der Waals surface area contributed by atoms with Gasteiger partial charge in [-0.05, 0) is 6.07 Å². The van der Waals surface area contributed by atoms with Crippen LogP contribution in [0.4, 0.5) is 10.1 Å². The van der Waals surface area contributed by atoms with Gasteiger partial charge in [0, 0.05) is 14.2 Å². The molecule has 0 saturated carbocycles. The molecule has 0 radical (unpaired) electrons. The number of nitro benzene ring substituents is 1. The van der Waals surface area contributed by atoms with Crippen LogP contribution in [0.25, 0.3) is 0 Å². The smallest absolute Gasteiger partial charge is 0.308 e. The van der Waals surface area contributed by atoms with Gasteiger partial charge in [0.05, 0.1) is 22.8 Å². The van der Waals surface area contributed by atoms with Crippen molar-refractivity contribution in [2.24, 2.45) is 0 Å². The van der Waals surface area contributed by atoms with Crippen molar-refractivity contribution in [1.82, 2.24) is 0 Å². The van der Waals surface area contributed by atoms with Crippen molar-refractivity contribution in [2.45, 2.75) is 6.29 Å². The number of methoxy groups -OCH3 is 2. The Morgan fingerprint density at radius 1 is 1.30 bits per heavy atom. The first-order valence-corrected chi connectivity index (χ1v) is 6.94. The summed E-state index contributed by atoms with van der Waals surface area (Å²) in [5, 5.41) is 10.7. The fourth-order valence-corrected chi connectivity index (χ4v) is 1.94. The Kier molecular flexibility index (Phi) is 4.98. The van der Waals surface area contributed by atoms with E-state index >= 15 is 0 Å². The molecule has 0 aliphatic carbocycles. The summed E-state index contributed by atoms with van der Waals surface area (Å²) in [6.45, 7) is 0. The van der Waals surface area contributed by atoms with Crippen molar-refractivity contribution in [1.29, 1.82) is 0 Å². The van der Waals surface area contributed by atoms with E-state index in [0.29, 0.717) is 6.07 Å². The zero-order valence-corrected chi connectivity index (χ0v) is 11.6. The van der Waals surface area contributed by atoms with Crippen LogP contribution in [0.1, 0.15) is 11.9 Å². The molecule has 112 valence electrons. The monoisotopic (exact) mass is 309 g/mol. The van der Waals surface area contributed by atoms with Crippen molar-refractivity contribution >= 4 is 15.8 Å². The molecule has 0 aliphatic heterocycles. The lowest BCUT2D eigenvalue weighted by molar-refractivity contribution is -0.387. The predicted octanol–water partition coefficient (Wildman–Crippen LogP) is 1.36. The normalized spacial score (nSPS) is 11.7. The van der Waals surface area contributed by atoms with Gasteiger partial charge in [0.1, 0.15) is 0 Å². The zero-order chi connectivity index (χ0) is 15.5. The summed E-state index contributed by atoms with van der Waals surface area (Å²) in [7, 11) is -1.49. The van der Waals surface area contributed by atoms with Crippen LogP contribution in [-0.4, -0.2) is 33.8 Å². The molecule has 0 amide bonds. The number of halogens is 1. The molecule has 0 bridgehead atoms. The molecule has 0 saturated heterocycles.